The number of rotatable bonds is 11. The van der Waals surface area contributed by atoms with Crippen molar-refractivity contribution in [2.75, 3.05) is 7.11 Å². The van der Waals surface area contributed by atoms with Gasteiger partial charge in [-0.15, -0.1) is 0 Å². The predicted octanol–water partition coefficient (Wildman–Crippen LogP) is 2.78. The van der Waals surface area contributed by atoms with Gasteiger partial charge in [-0.25, -0.2) is 9.78 Å². The molecule has 32 heavy (non-hydrogen) atoms. The molecule has 0 saturated carbocycles. The number of hydrogen-bond donors (Lipinski definition) is 1. The van der Waals surface area contributed by atoms with E-state index in [2.05, 4.69) is 9.97 Å². The largest absolute Gasteiger partial charge is 0.496 e. The normalized spacial score (nSPS) is 11.1. The standard InChI is InChI=1S/C23H30N4O5/c1-4-6-14-27-21-20(22(29)25-23(27)30)26(13-5-2)18(24-21)15-32-19(28)12-11-16-9-7-8-10-17(16)31-3/h7-10H,4-6,11-15H2,1-3H3,(H,25,29,30). The number of carbonyl (C=O) groups excluding carboxylic acids is 1. The molecule has 0 aliphatic carbocycles. The summed E-state index contributed by atoms with van der Waals surface area (Å²) in [6, 6.07) is 7.53. The van der Waals surface area contributed by atoms with Crippen LogP contribution in [0.3, 0.4) is 0 Å². The van der Waals surface area contributed by atoms with Crippen LogP contribution in [0.5, 0.6) is 5.75 Å². The second-order valence-electron chi connectivity index (χ2n) is 7.59. The number of nitrogens with zero attached hydrogens (tertiary/aromatic N) is 3. The van der Waals surface area contributed by atoms with Crippen molar-refractivity contribution in [3.63, 3.8) is 0 Å². The number of para-hydroxylation sites is 1. The van der Waals surface area contributed by atoms with Gasteiger partial charge in [0.05, 0.1) is 7.11 Å². The van der Waals surface area contributed by atoms with Crippen LogP contribution in [0.4, 0.5) is 0 Å². The van der Waals surface area contributed by atoms with Crippen LogP contribution in [0.2, 0.25) is 0 Å². The summed E-state index contributed by atoms with van der Waals surface area (Å²) in [7, 11) is 1.59. The molecule has 0 fully saturated rings. The van der Waals surface area contributed by atoms with Gasteiger partial charge < -0.3 is 14.0 Å². The SMILES string of the molecule is CCCCn1c(=O)[nH]c(=O)c2c1nc(COC(=O)CCc1ccccc1OC)n2CCC. The molecular weight excluding hydrogens is 412 g/mol. The summed E-state index contributed by atoms with van der Waals surface area (Å²) in [5.41, 5.74) is 0.643. The topological polar surface area (TPSA) is 108 Å². The summed E-state index contributed by atoms with van der Waals surface area (Å²) >= 11 is 0. The molecule has 3 aromatic rings. The van der Waals surface area contributed by atoms with E-state index in [-0.39, 0.29) is 19.0 Å². The van der Waals surface area contributed by atoms with Gasteiger partial charge in [0.25, 0.3) is 5.56 Å². The van der Waals surface area contributed by atoms with E-state index in [0.717, 1.165) is 30.6 Å². The minimum absolute atomic E-state index is 0.0686. The zero-order valence-electron chi connectivity index (χ0n) is 18.8. The van der Waals surface area contributed by atoms with Gasteiger partial charge in [0.1, 0.15) is 18.2 Å². The van der Waals surface area contributed by atoms with E-state index in [0.29, 0.717) is 36.5 Å². The molecule has 1 N–H and O–H groups in total. The Morgan fingerprint density at radius 3 is 2.59 bits per heavy atom. The molecule has 3 rings (SSSR count). The number of methoxy groups -OCH3 is 1. The van der Waals surface area contributed by atoms with E-state index in [1.54, 1.807) is 11.7 Å². The Hall–Kier alpha value is -3.36. The smallest absolute Gasteiger partial charge is 0.330 e. The summed E-state index contributed by atoms with van der Waals surface area (Å²) in [5, 5.41) is 0. The highest BCUT2D eigenvalue weighted by atomic mass is 16.5. The molecule has 9 nitrogen and oxygen atoms in total. The molecular formula is C23H30N4O5. The number of nitrogens with one attached hydrogen (secondary N) is 1. The van der Waals surface area contributed by atoms with Gasteiger partial charge in [0.2, 0.25) is 0 Å². The maximum absolute atomic E-state index is 12.5. The van der Waals surface area contributed by atoms with E-state index in [1.165, 1.54) is 4.57 Å². The lowest BCUT2D eigenvalue weighted by atomic mass is 10.1. The Labute approximate surface area is 186 Å². The first-order valence-corrected chi connectivity index (χ1v) is 11.0. The Morgan fingerprint density at radius 1 is 1.09 bits per heavy atom. The highest BCUT2D eigenvalue weighted by Crippen LogP contribution is 2.19. The van der Waals surface area contributed by atoms with Gasteiger partial charge in [-0.2, -0.15) is 0 Å². The van der Waals surface area contributed by atoms with Crippen molar-refractivity contribution in [2.45, 2.75) is 65.6 Å². The number of carbonyl (C=O) groups is 1. The van der Waals surface area contributed by atoms with Crippen molar-refractivity contribution in [2.24, 2.45) is 0 Å². The molecule has 0 aliphatic rings. The Morgan fingerprint density at radius 2 is 1.88 bits per heavy atom. The average molecular weight is 443 g/mol. The number of H-pyrrole nitrogens is 1. The van der Waals surface area contributed by atoms with Gasteiger partial charge >= 0.3 is 11.7 Å². The third kappa shape index (κ3) is 5.09. The predicted molar refractivity (Wildman–Crippen MR) is 121 cm³/mol. The molecule has 0 saturated heterocycles. The number of aryl methyl sites for hydroxylation is 3. The number of aromatic amines is 1. The van der Waals surface area contributed by atoms with Gasteiger partial charge in [-0.1, -0.05) is 38.5 Å². The molecule has 172 valence electrons. The molecule has 0 aliphatic heterocycles. The van der Waals surface area contributed by atoms with Crippen LogP contribution < -0.4 is 16.0 Å². The Kier molecular flexibility index (Phi) is 7.86. The molecule has 0 spiro atoms. The first-order valence-electron chi connectivity index (χ1n) is 11.0. The maximum atomic E-state index is 12.5. The number of aromatic nitrogens is 4. The number of ether oxygens (including phenoxy) is 2. The molecule has 0 atom stereocenters. The van der Waals surface area contributed by atoms with Crippen molar-refractivity contribution in [3.05, 3.63) is 56.5 Å². The fourth-order valence-electron chi connectivity index (χ4n) is 3.68. The van der Waals surface area contributed by atoms with E-state index in [9.17, 15) is 14.4 Å². The van der Waals surface area contributed by atoms with Gasteiger partial charge in [-0.05, 0) is 30.9 Å². The second kappa shape index (κ2) is 10.8. The lowest BCUT2D eigenvalue weighted by Crippen LogP contribution is -2.31. The summed E-state index contributed by atoms with van der Waals surface area (Å²) < 4.78 is 14.0. The van der Waals surface area contributed by atoms with Crippen molar-refractivity contribution < 1.29 is 14.3 Å². The van der Waals surface area contributed by atoms with Crippen LogP contribution in [-0.4, -0.2) is 32.2 Å². The van der Waals surface area contributed by atoms with Crippen LogP contribution in [0.15, 0.2) is 33.9 Å². The zero-order valence-corrected chi connectivity index (χ0v) is 18.8. The number of fused-ring (bicyclic) bond motifs is 1. The van der Waals surface area contributed by atoms with Gasteiger partial charge in [0, 0.05) is 19.5 Å². The summed E-state index contributed by atoms with van der Waals surface area (Å²) in [5.74, 6) is 0.812. The van der Waals surface area contributed by atoms with E-state index in [4.69, 9.17) is 9.47 Å². The Balaban J connectivity index is 1.81. The molecule has 0 bridgehead atoms. The highest BCUT2D eigenvalue weighted by Gasteiger charge is 2.19. The molecule has 9 heteroatoms. The summed E-state index contributed by atoms with van der Waals surface area (Å²) in [6.07, 6.45) is 3.13. The van der Waals surface area contributed by atoms with Crippen molar-refractivity contribution >= 4 is 17.1 Å². The highest BCUT2D eigenvalue weighted by molar-refractivity contribution is 5.72. The molecule has 2 aromatic heterocycles. The first-order chi connectivity index (χ1) is 15.5. The molecule has 1 aromatic carbocycles. The minimum Gasteiger partial charge on any atom is -0.496 e. The Bertz CT molecular complexity index is 1190. The zero-order chi connectivity index (χ0) is 23.1. The minimum atomic E-state index is -0.479. The van der Waals surface area contributed by atoms with Crippen molar-refractivity contribution in [1.29, 1.82) is 0 Å². The van der Waals surface area contributed by atoms with E-state index >= 15 is 0 Å². The van der Waals surface area contributed by atoms with E-state index in [1.807, 2.05) is 38.1 Å². The number of esters is 1. The number of imidazole rings is 1. The third-order valence-electron chi connectivity index (χ3n) is 5.30. The second-order valence-corrected chi connectivity index (χ2v) is 7.59. The lowest BCUT2D eigenvalue weighted by Gasteiger charge is -2.09. The van der Waals surface area contributed by atoms with Crippen LogP contribution >= 0.6 is 0 Å². The van der Waals surface area contributed by atoms with Crippen LogP contribution in [-0.2, 0) is 35.6 Å². The fourth-order valence-corrected chi connectivity index (χ4v) is 3.68. The third-order valence-corrected chi connectivity index (χ3v) is 5.30. The van der Waals surface area contributed by atoms with Crippen LogP contribution in [0.25, 0.3) is 11.2 Å². The average Bonchev–Trinajstić information content (AvgIpc) is 3.15. The van der Waals surface area contributed by atoms with Crippen LogP contribution in [0.1, 0.15) is 50.9 Å². The number of benzene rings is 1. The molecule has 0 amide bonds. The molecule has 0 unspecified atom stereocenters. The quantitative estimate of drug-likeness (QED) is 0.458. The lowest BCUT2D eigenvalue weighted by molar-refractivity contribution is -0.145. The van der Waals surface area contributed by atoms with Gasteiger partial charge in [-0.3, -0.25) is 19.1 Å². The van der Waals surface area contributed by atoms with Crippen molar-refractivity contribution in [1.82, 2.24) is 19.1 Å². The maximum Gasteiger partial charge on any atom is 0.330 e. The van der Waals surface area contributed by atoms with E-state index < -0.39 is 11.2 Å². The molecule has 0 radical (unpaired) electrons. The summed E-state index contributed by atoms with van der Waals surface area (Å²) in [6.45, 7) is 4.93. The number of hydrogen-bond acceptors (Lipinski definition) is 6. The monoisotopic (exact) mass is 442 g/mol. The number of unbranched alkanes of at least 4 members (excludes halogenated alkanes) is 1. The summed E-state index contributed by atoms with van der Waals surface area (Å²) in [4.78, 5) is 44.2. The fraction of sp³-hybridized carbons (Fsp3) is 0.478. The van der Waals surface area contributed by atoms with Gasteiger partial charge in [0.15, 0.2) is 11.2 Å². The first kappa shape index (κ1) is 23.3. The molecule has 2 heterocycles. The van der Waals surface area contributed by atoms with Crippen LogP contribution in [0, 0.1) is 0 Å². The van der Waals surface area contributed by atoms with Crippen molar-refractivity contribution in [3.8, 4) is 5.75 Å².